The molecular formula is C14H11ClF3NO4S. The van der Waals surface area contributed by atoms with Gasteiger partial charge in [0.25, 0.3) is 0 Å². The molecular weight excluding hydrogens is 371 g/mol. The number of hydrogen-bond donors (Lipinski definition) is 1. The molecule has 130 valence electrons. The van der Waals surface area contributed by atoms with Crippen LogP contribution in [0.5, 0.6) is 0 Å². The molecule has 1 aliphatic heterocycles. The van der Waals surface area contributed by atoms with Gasteiger partial charge < -0.3 is 5.11 Å². The van der Waals surface area contributed by atoms with E-state index in [0.29, 0.717) is 11.0 Å². The molecule has 2 unspecified atom stereocenters. The lowest BCUT2D eigenvalue weighted by molar-refractivity contribution is -0.138. The van der Waals surface area contributed by atoms with Crippen LogP contribution in [0.25, 0.3) is 0 Å². The fourth-order valence-corrected chi connectivity index (χ4v) is 3.45. The molecule has 5 nitrogen and oxygen atoms in total. The van der Waals surface area contributed by atoms with Gasteiger partial charge in [0.1, 0.15) is 5.25 Å². The van der Waals surface area contributed by atoms with Gasteiger partial charge in [-0.15, -0.1) is 11.8 Å². The average Bonchev–Trinajstić information content (AvgIpc) is 2.73. The fraction of sp³-hybridized carbons (Fsp3) is 0.357. The van der Waals surface area contributed by atoms with Crippen LogP contribution in [-0.2, 0) is 20.6 Å². The summed E-state index contributed by atoms with van der Waals surface area (Å²) in [5.74, 6) is -2.58. The van der Waals surface area contributed by atoms with Crippen molar-refractivity contribution >= 4 is 46.8 Å². The molecule has 0 aliphatic carbocycles. The van der Waals surface area contributed by atoms with Crippen LogP contribution >= 0.6 is 23.4 Å². The molecule has 10 heteroatoms. The van der Waals surface area contributed by atoms with Crippen molar-refractivity contribution in [2.75, 3.05) is 4.90 Å². The predicted octanol–water partition coefficient (Wildman–Crippen LogP) is 3.20. The zero-order valence-corrected chi connectivity index (χ0v) is 13.7. The van der Waals surface area contributed by atoms with Crippen LogP contribution in [0, 0.1) is 0 Å². The third-order valence-electron chi connectivity index (χ3n) is 3.33. The van der Waals surface area contributed by atoms with Gasteiger partial charge in [-0.05, 0) is 25.1 Å². The van der Waals surface area contributed by atoms with Crippen molar-refractivity contribution < 1.29 is 32.7 Å². The molecule has 0 aromatic heterocycles. The van der Waals surface area contributed by atoms with E-state index in [1.54, 1.807) is 0 Å². The number of alkyl halides is 3. The summed E-state index contributed by atoms with van der Waals surface area (Å²) in [6, 6.07) is 2.73. The lowest BCUT2D eigenvalue weighted by atomic mass is 10.2. The summed E-state index contributed by atoms with van der Waals surface area (Å²) in [4.78, 5) is 35.8. The molecule has 0 saturated carbocycles. The molecule has 0 radical (unpaired) electrons. The van der Waals surface area contributed by atoms with Crippen LogP contribution in [-0.4, -0.2) is 33.4 Å². The summed E-state index contributed by atoms with van der Waals surface area (Å²) in [5, 5.41) is 6.44. The van der Waals surface area contributed by atoms with E-state index in [9.17, 15) is 27.6 Å². The normalized spacial score (nSPS) is 19.7. The second kappa shape index (κ2) is 6.64. The highest BCUT2D eigenvalue weighted by molar-refractivity contribution is 8.01. The summed E-state index contributed by atoms with van der Waals surface area (Å²) < 4.78 is 38.7. The molecule has 2 amide bonds. The first-order chi connectivity index (χ1) is 11.0. The Morgan fingerprint density at radius 2 is 2.04 bits per heavy atom. The van der Waals surface area contributed by atoms with Gasteiger partial charge in [-0.2, -0.15) is 13.2 Å². The highest BCUT2D eigenvalue weighted by Gasteiger charge is 2.42. The monoisotopic (exact) mass is 381 g/mol. The number of rotatable bonds is 4. The number of imide groups is 1. The van der Waals surface area contributed by atoms with Gasteiger partial charge in [0.2, 0.25) is 11.8 Å². The summed E-state index contributed by atoms with van der Waals surface area (Å²) in [5.41, 5.74) is -1.40. The minimum atomic E-state index is -4.73. The fourth-order valence-electron chi connectivity index (χ4n) is 2.16. The van der Waals surface area contributed by atoms with Crippen molar-refractivity contribution in [1.29, 1.82) is 0 Å². The molecule has 1 fully saturated rings. The molecule has 0 bridgehead atoms. The van der Waals surface area contributed by atoms with Gasteiger partial charge in [0, 0.05) is 6.42 Å². The van der Waals surface area contributed by atoms with Gasteiger partial charge in [-0.25, -0.2) is 4.90 Å². The molecule has 1 aromatic carbocycles. The van der Waals surface area contributed by atoms with Crippen LogP contribution in [0.4, 0.5) is 18.9 Å². The van der Waals surface area contributed by atoms with E-state index in [2.05, 4.69) is 0 Å². The first-order valence-electron chi connectivity index (χ1n) is 6.64. The summed E-state index contributed by atoms with van der Waals surface area (Å²) in [7, 11) is 0. The Morgan fingerprint density at radius 1 is 1.42 bits per heavy atom. The molecule has 0 spiro atoms. The van der Waals surface area contributed by atoms with E-state index in [4.69, 9.17) is 16.7 Å². The summed E-state index contributed by atoms with van der Waals surface area (Å²) in [6.07, 6.45) is -5.00. The highest BCUT2D eigenvalue weighted by Crippen LogP contribution is 2.39. The number of carbonyl (C=O) groups is 3. The van der Waals surface area contributed by atoms with Gasteiger partial charge in [-0.1, -0.05) is 11.6 Å². The maximum absolute atomic E-state index is 12.9. The van der Waals surface area contributed by atoms with Crippen molar-refractivity contribution in [3.8, 4) is 0 Å². The van der Waals surface area contributed by atoms with Gasteiger partial charge >= 0.3 is 12.1 Å². The lowest BCUT2D eigenvalue weighted by Crippen LogP contribution is -2.32. The molecule has 2 atom stereocenters. The van der Waals surface area contributed by atoms with Gasteiger partial charge in [0.05, 0.1) is 21.5 Å². The Kier molecular flexibility index (Phi) is 5.14. The van der Waals surface area contributed by atoms with Crippen molar-refractivity contribution in [3.63, 3.8) is 0 Å². The molecule has 24 heavy (non-hydrogen) atoms. The van der Waals surface area contributed by atoms with Gasteiger partial charge in [-0.3, -0.25) is 14.4 Å². The minimum absolute atomic E-state index is 0.243. The van der Waals surface area contributed by atoms with E-state index >= 15 is 0 Å². The number of benzene rings is 1. The van der Waals surface area contributed by atoms with E-state index in [1.165, 1.54) is 6.92 Å². The number of halogens is 4. The SMILES string of the molecule is CC(SC1CC(=O)N(c2ccc(Cl)c(C(F)(F)F)c2)C1=O)C(=O)O. The standard InChI is InChI=1S/C14H11ClF3NO4S/c1-6(13(22)23)24-10-5-11(20)19(12(10)21)7-2-3-9(15)8(4-7)14(16,17)18/h2-4,6,10H,5H2,1H3,(H,22,23). The zero-order valence-electron chi connectivity index (χ0n) is 12.1. The Hall–Kier alpha value is -1.74. The number of hydrogen-bond acceptors (Lipinski definition) is 4. The average molecular weight is 382 g/mol. The van der Waals surface area contributed by atoms with Crippen LogP contribution in [0.15, 0.2) is 18.2 Å². The van der Waals surface area contributed by atoms with E-state index in [0.717, 1.165) is 23.9 Å². The molecule has 1 saturated heterocycles. The van der Waals surface area contributed by atoms with Crippen LogP contribution in [0.2, 0.25) is 5.02 Å². The predicted molar refractivity (Wildman–Crippen MR) is 82.0 cm³/mol. The molecule has 1 heterocycles. The topological polar surface area (TPSA) is 74.7 Å². The number of amides is 2. The van der Waals surface area contributed by atoms with Gasteiger partial charge in [0.15, 0.2) is 0 Å². The molecule has 2 rings (SSSR count). The Labute approximate surface area is 143 Å². The lowest BCUT2D eigenvalue weighted by Gasteiger charge is -2.18. The second-order valence-corrected chi connectivity index (χ2v) is 6.99. The highest BCUT2D eigenvalue weighted by atomic mass is 35.5. The molecule has 1 N–H and O–H groups in total. The minimum Gasteiger partial charge on any atom is -0.480 e. The number of carboxylic acid groups (broad SMARTS) is 1. The third kappa shape index (κ3) is 3.67. The van der Waals surface area contributed by atoms with Crippen LogP contribution < -0.4 is 4.90 Å². The maximum Gasteiger partial charge on any atom is 0.417 e. The van der Waals surface area contributed by atoms with Crippen molar-refractivity contribution in [2.45, 2.75) is 30.0 Å². The Balaban J connectivity index is 2.31. The van der Waals surface area contributed by atoms with E-state index < -0.39 is 45.0 Å². The van der Waals surface area contributed by atoms with Crippen LogP contribution in [0.3, 0.4) is 0 Å². The Morgan fingerprint density at radius 3 is 2.58 bits per heavy atom. The third-order valence-corrected chi connectivity index (χ3v) is 4.97. The Bertz CT molecular complexity index is 710. The molecule has 1 aromatic rings. The quantitative estimate of drug-likeness (QED) is 0.811. The second-order valence-electron chi connectivity index (χ2n) is 5.04. The first-order valence-corrected chi connectivity index (χ1v) is 7.96. The number of nitrogens with zero attached hydrogens (tertiary/aromatic N) is 1. The van der Waals surface area contributed by atoms with Crippen molar-refractivity contribution in [1.82, 2.24) is 0 Å². The van der Waals surface area contributed by atoms with Crippen LogP contribution in [0.1, 0.15) is 18.9 Å². The van der Waals surface area contributed by atoms with E-state index in [-0.39, 0.29) is 12.1 Å². The largest absolute Gasteiger partial charge is 0.480 e. The molecule has 1 aliphatic rings. The van der Waals surface area contributed by atoms with E-state index in [1.807, 2.05) is 0 Å². The summed E-state index contributed by atoms with van der Waals surface area (Å²) in [6.45, 7) is 1.36. The number of carbonyl (C=O) groups excluding carboxylic acids is 2. The maximum atomic E-state index is 12.9. The number of aliphatic carboxylic acids is 1. The zero-order chi connectivity index (χ0) is 18.2. The number of thioether (sulfide) groups is 1. The van der Waals surface area contributed by atoms with Crippen molar-refractivity contribution in [3.05, 3.63) is 28.8 Å². The van der Waals surface area contributed by atoms with Crippen molar-refractivity contribution in [2.24, 2.45) is 0 Å². The number of carboxylic acids is 1. The number of anilines is 1. The summed E-state index contributed by atoms with van der Waals surface area (Å²) >= 11 is 6.29. The first kappa shape index (κ1) is 18.6. The smallest absolute Gasteiger partial charge is 0.417 e.